The third-order valence-corrected chi connectivity index (χ3v) is 3.34. The number of carbonyl (C=O) groups excluding carboxylic acids is 1. The quantitative estimate of drug-likeness (QED) is 0.869. The van der Waals surface area contributed by atoms with Crippen molar-refractivity contribution in [3.8, 4) is 0 Å². The fraction of sp³-hybridized carbons (Fsp3) is 0.583. The molecule has 1 unspecified atom stereocenters. The van der Waals surface area contributed by atoms with Crippen molar-refractivity contribution in [2.45, 2.75) is 38.8 Å². The largest absolute Gasteiger partial charge is 0.444 e. The lowest BCUT2D eigenvalue weighted by Gasteiger charge is -2.19. The van der Waals surface area contributed by atoms with E-state index in [-0.39, 0.29) is 6.04 Å². The average molecular weight is 282 g/mol. The molecule has 7 heteroatoms. The molecule has 1 aliphatic rings. The molecular formula is C12H18N4O2S. The van der Waals surface area contributed by atoms with Gasteiger partial charge in [0.15, 0.2) is 5.17 Å². The Balaban J connectivity index is 1.84. The first-order valence-corrected chi connectivity index (χ1v) is 7.10. The normalized spacial score (nSPS) is 19.1. The van der Waals surface area contributed by atoms with Crippen LogP contribution in [-0.4, -0.2) is 38.6 Å². The number of carbonyl (C=O) groups is 1. The van der Waals surface area contributed by atoms with E-state index in [1.165, 1.54) is 11.8 Å². The Morgan fingerprint density at radius 1 is 1.63 bits per heavy atom. The third kappa shape index (κ3) is 4.59. The van der Waals surface area contributed by atoms with E-state index in [1.54, 1.807) is 12.4 Å². The van der Waals surface area contributed by atoms with E-state index < -0.39 is 11.7 Å². The second-order valence-electron chi connectivity index (χ2n) is 5.27. The summed E-state index contributed by atoms with van der Waals surface area (Å²) in [6.07, 6.45) is 3.80. The number of hydrogen-bond donors (Lipinski definition) is 2. The number of H-pyrrole nitrogens is 1. The Morgan fingerprint density at radius 2 is 2.42 bits per heavy atom. The van der Waals surface area contributed by atoms with Crippen molar-refractivity contribution in [2.75, 3.05) is 5.75 Å². The smallest absolute Gasteiger partial charge is 0.413 e. The molecule has 0 fully saturated rings. The van der Waals surface area contributed by atoms with Gasteiger partial charge in [-0.2, -0.15) is 0 Å². The maximum atomic E-state index is 11.6. The van der Waals surface area contributed by atoms with Crippen LogP contribution in [0.3, 0.4) is 0 Å². The highest BCUT2D eigenvalue weighted by molar-refractivity contribution is 8.14. The number of amides is 1. The third-order valence-electron chi connectivity index (χ3n) is 2.30. The van der Waals surface area contributed by atoms with E-state index in [4.69, 9.17) is 4.74 Å². The van der Waals surface area contributed by atoms with E-state index in [2.05, 4.69) is 20.3 Å². The summed E-state index contributed by atoms with van der Waals surface area (Å²) in [4.78, 5) is 23.2. The van der Waals surface area contributed by atoms with Gasteiger partial charge in [-0.15, -0.1) is 0 Å². The fourth-order valence-electron chi connectivity index (χ4n) is 1.61. The molecule has 0 aliphatic carbocycles. The maximum Gasteiger partial charge on any atom is 0.413 e. The zero-order chi connectivity index (χ0) is 13.9. The van der Waals surface area contributed by atoms with Crippen LogP contribution in [0.5, 0.6) is 0 Å². The number of imidazole rings is 1. The fourth-order valence-corrected chi connectivity index (χ4v) is 2.53. The van der Waals surface area contributed by atoms with E-state index in [0.717, 1.165) is 18.0 Å². The van der Waals surface area contributed by atoms with Crippen LogP contribution in [0.15, 0.2) is 17.4 Å². The highest BCUT2D eigenvalue weighted by Gasteiger charge is 2.23. The van der Waals surface area contributed by atoms with Crippen LogP contribution in [0.2, 0.25) is 0 Å². The summed E-state index contributed by atoms with van der Waals surface area (Å²) in [7, 11) is 0. The number of aromatic nitrogens is 2. The number of rotatable bonds is 2. The van der Waals surface area contributed by atoms with Crippen molar-refractivity contribution in [1.29, 1.82) is 0 Å². The Morgan fingerprint density at radius 3 is 3.05 bits per heavy atom. The van der Waals surface area contributed by atoms with Gasteiger partial charge in [0.2, 0.25) is 0 Å². The van der Waals surface area contributed by atoms with E-state index in [1.807, 2.05) is 20.8 Å². The molecule has 104 valence electrons. The van der Waals surface area contributed by atoms with Gasteiger partial charge in [-0.3, -0.25) is 10.3 Å². The molecule has 1 aliphatic heterocycles. The van der Waals surface area contributed by atoms with Crippen LogP contribution in [-0.2, 0) is 11.2 Å². The first-order chi connectivity index (χ1) is 8.92. The van der Waals surface area contributed by atoms with E-state index >= 15 is 0 Å². The summed E-state index contributed by atoms with van der Waals surface area (Å²) in [6.45, 7) is 5.49. The zero-order valence-corrected chi connectivity index (χ0v) is 12.1. The topological polar surface area (TPSA) is 79.4 Å². The van der Waals surface area contributed by atoms with Crippen LogP contribution in [0, 0.1) is 0 Å². The highest BCUT2D eigenvalue weighted by atomic mass is 32.2. The lowest BCUT2D eigenvalue weighted by molar-refractivity contribution is 0.0564. The number of alkyl carbamates (subject to hydrolysis) is 1. The summed E-state index contributed by atoms with van der Waals surface area (Å²) >= 11 is 1.52. The number of aromatic amines is 1. The average Bonchev–Trinajstić information content (AvgIpc) is 2.88. The molecule has 1 amide bonds. The molecule has 1 atom stereocenters. The molecule has 0 bridgehead atoms. The van der Waals surface area contributed by atoms with Gasteiger partial charge in [-0.25, -0.2) is 9.78 Å². The van der Waals surface area contributed by atoms with Crippen molar-refractivity contribution in [2.24, 2.45) is 4.99 Å². The molecule has 0 aromatic carbocycles. The van der Waals surface area contributed by atoms with Crippen LogP contribution in [0.1, 0.15) is 26.6 Å². The summed E-state index contributed by atoms with van der Waals surface area (Å²) in [5.74, 6) is 1.75. The predicted molar refractivity (Wildman–Crippen MR) is 75.3 cm³/mol. The lowest BCUT2D eigenvalue weighted by atomic mass is 10.2. The minimum Gasteiger partial charge on any atom is -0.444 e. The molecule has 2 N–H and O–H groups in total. The van der Waals surface area contributed by atoms with Crippen LogP contribution < -0.4 is 5.32 Å². The second-order valence-corrected chi connectivity index (χ2v) is 6.27. The van der Waals surface area contributed by atoms with Crippen molar-refractivity contribution in [3.05, 3.63) is 18.2 Å². The van der Waals surface area contributed by atoms with E-state index in [0.29, 0.717) is 5.17 Å². The molecule has 1 aromatic heterocycles. The second kappa shape index (κ2) is 5.64. The zero-order valence-electron chi connectivity index (χ0n) is 11.3. The van der Waals surface area contributed by atoms with Crippen LogP contribution in [0.4, 0.5) is 4.79 Å². The Kier molecular flexibility index (Phi) is 4.14. The number of nitrogens with zero attached hydrogens (tertiary/aromatic N) is 2. The van der Waals surface area contributed by atoms with Gasteiger partial charge in [0.25, 0.3) is 0 Å². The summed E-state index contributed by atoms with van der Waals surface area (Å²) < 4.78 is 5.18. The lowest BCUT2D eigenvalue weighted by Crippen LogP contribution is -2.34. The summed E-state index contributed by atoms with van der Waals surface area (Å²) in [5, 5.41) is 3.28. The van der Waals surface area contributed by atoms with Crippen molar-refractivity contribution in [1.82, 2.24) is 15.3 Å². The number of amidine groups is 1. The number of aliphatic imine (C=N–C) groups is 1. The van der Waals surface area contributed by atoms with Gasteiger partial charge in [-0.05, 0) is 20.8 Å². The van der Waals surface area contributed by atoms with Gasteiger partial charge in [0, 0.05) is 24.6 Å². The summed E-state index contributed by atoms with van der Waals surface area (Å²) in [5.41, 5.74) is -0.499. The molecule has 2 heterocycles. The van der Waals surface area contributed by atoms with Gasteiger partial charge in [0.1, 0.15) is 11.4 Å². The molecule has 2 rings (SSSR count). The van der Waals surface area contributed by atoms with Gasteiger partial charge >= 0.3 is 6.09 Å². The van der Waals surface area contributed by atoms with Crippen molar-refractivity contribution in [3.63, 3.8) is 0 Å². The van der Waals surface area contributed by atoms with Crippen molar-refractivity contribution < 1.29 is 9.53 Å². The number of thioether (sulfide) groups is 1. The maximum absolute atomic E-state index is 11.6. The van der Waals surface area contributed by atoms with Gasteiger partial charge in [-0.1, -0.05) is 11.8 Å². The SMILES string of the molecule is CC(C)(C)OC(=O)NC1=NC(Cc2ncc[nH]2)CS1. The molecule has 1 aromatic rings. The van der Waals surface area contributed by atoms with Gasteiger partial charge < -0.3 is 9.72 Å². The predicted octanol–water partition coefficient (Wildman–Crippen LogP) is 1.95. The Bertz CT molecular complexity index is 465. The Labute approximate surface area is 116 Å². The molecule has 0 saturated heterocycles. The van der Waals surface area contributed by atoms with E-state index in [9.17, 15) is 4.79 Å². The molecule has 0 spiro atoms. The number of ether oxygens (including phenoxy) is 1. The van der Waals surface area contributed by atoms with Crippen LogP contribution in [0.25, 0.3) is 0 Å². The van der Waals surface area contributed by atoms with Gasteiger partial charge in [0.05, 0.1) is 6.04 Å². The van der Waals surface area contributed by atoms with Crippen molar-refractivity contribution >= 4 is 23.0 Å². The molecule has 0 radical (unpaired) electrons. The molecule has 0 saturated carbocycles. The minimum absolute atomic E-state index is 0.140. The number of hydrogen-bond acceptors (Lipinski definition) is 5. The highest BCUT2D eigenvalue weighted by Crippen LogP contribution is 2.19. The monoisotopic (exact) mass is 282 g/mol. The first kappa shape index (κ1) is 13.9. The van der Waals surface area contributed by atoms with Crippen LogP contribution >= 0.6 is 11.8 Å². The summed E-state index contributed by atoms with van der Waals surface area (Å²) in [6, 6.07) is 0.140. The minimum atomic E-state index is -0.499. The molecule has 19 heavy (non-hydrogen) atoms. The molecular weight excluding hydrogens is 264 g/mol. The first-order valence-electron chi connectivity index (χ1n) is 6.11. The standard InChI is InChI=1S/C12H18N4O2S/c1-12(2,3)18-11(17)16-10-15-8(7-19-10)6-9-13-4-5-14-9/h4-5,8H,6-7H2,1-3H3,(H,13,14)(H,15,16,17). The number of nitrogens with one attached hydrogen (secondary N) is 2. The Hall–Kier alpha value is -1.50. The molecule has 6 nitrogen and oxygen atoms in total.